The molecule has 0 aliphatic heterocycles. The van der Waals surface area contributed by atoms with Gasteiger partial charge >= 0.3 is 6.18 Å². The second kappa shape index (κ2) is 11.5. The molecule has 0 spiro atoms. The predicted molar refractivity (Wildman–Crippen MR) is 148 cm³/mol. The van der Waals surface area contributed by atoms with Gasteiger partial charge in [-0.2, -0.15) is 13.2 Å². The molecule has 4 aromatic rings. The Morgan fingerprint density at radius 1 is 0.951 bits per heavy atom. The molecular formula is C29H25F3N2O5S2. The quantitative estimate of drug-likeness (QED) is 0.322. The molecule has 1 aromatic heterocycles. The SMILES string of the molecule is Cc1ccc(S(=O)c2cc(C(=O)NCc3ccc(S(C)(=O)=O)cc3)c(=O)n(-c3cccc(C(F)(F)F)c3)c2C)cc1. The number of carbonyl (C=O) groups is 1. The number of nitrogens with one attached hydrogen (secondary N) is 1. The standard InChI is InChI=1S/C29H25F3N2O5S2/c1-18-7-11-23(12-8-18)40(37)26-16-25(27(35)33-17-20-9-13-24(14-10-20)41(3,38)39)28(36)34(19(26)2)22-6-4-5-21(15-22)29(30,31)32/h4-16H,17H2,1-3H3,(H,33,35). The maximum Gasteiger partial charge on any atom is 0.416 e. The summed E-state index contributed by atoms with van der Waals surface area (Å²) in [4.78, 5) is 27.4. The summed E-state index contributed by atoms with van der Waals surface area (Å²) in [7, 11) is -5.29. The van der Waals surface area contributed by atoms with Crippen LogP contribution in [0.3, 0.4) is 0 Å². The third-order valence-corrected chi connectivity index (χ3v) is 8.96. The van der Waals surface area contributed by atoms with Gasteiger partial charge in [0.25, 0.3) is 11.5 Å². The Kier molecular flexibility index (Phi) is 8.36. The number of rotatable bonds is 7. The minimum atomic E-state index is -4.68. The molecule has 0 bridgehead atoms. The molecule has 0 aliphatic rings. The molecule has 0 aliphatic carbocycles. The van der Waals surface area contributed by atoms with Crippen molar-refractivity contribution >= 4 is 26.5 Å². The van der Waals surface area contributed by atoms with Gasteiger partial charge < -0.3 is 5.32 Å². The number of aromatic nitrogens is 1. The number of alkyl halides is 3. The number of sulfone groups is 1. The van der Waals surface area contributed by atoms with Crippen LogP contribution in [0.25, 0.3) is 5.69 Å². The molecule has 1 unspecified atom stereocenters. The average molecular weight is 603 g/mol. The molecule has 1 amide bonds. The van der Waals surface area contributed by atoms with Crippen LogP contribution in [0.15, 0.2) is 98.3 Å². The summed E-state index contributed by atoms with van der Waals surface area (Å²) in [5.74, 6) is -0.843. The highest BCUT2D eigenvalue weighted by molar-refractivity contribution is 7.90. The lowest BCUT2D eigenvalue weighted by atomic mass is 10.1. The van der Waals surface area contributed by atoms with Crippen molar-refractivity contribution in [1.82, 2.24) is 9.88 Å². The number of halogens is 3. The number of carbonyl (C=O) groups excluding carboxylic acids is 1. The maximum absolute atomic E-state index is 13.6. The molecule has 0 radical (unpaired) electrons. The van der Waals surface area contributed by atoms with Crippen LogP contribution in [0.5, 0.6) is 0 Å². The summed E-state index contributed by atoms with van der Waals surface area (Å²) in [5, 5.41) is 2.58. The van der Waals surface area contributed by atoms with Crippen molar-refractivity contribution < 1.29 is 30.6 Å². The third-order valence-electron chi connectivity index (χ3n) is 6.32. The van der Waals surface area contributed by atoms with E-state index < -0.39 is 49.4 Å². The first kappa shape index (κ1) is 29.9. The largest absolute Gasteiger partial charge is 0.416 e. The van der Waals surface area contributed by atoms with Gasteiger partial charge in [-0.15, -0.1) is 0 Å². The molecule has 1 atom stereocenters. The van der Waals surface area contributed by atoms with Crippen LogP contribution in [-0.4, -0.2) is 29.4 Å². The zero-order chi connectivity index (χ0) is 30.1. The van der Waals surface area contributed by atoms with E-state index in [9.17, 15) is 35.4 Å². The van der Waals surface area contributed by atoms with E-state index in [0.717, 1.165) is 34.6 Å². The van der Waals surface area contributed by atoms with Crippen molar-refractivity contribution in [3.63, 3.8) is 0 Å². The number of benzene rings is 3. The van der Waals surface area contributed by atoms with E-state index in [1.165, 1.54) is 43.3 Å². The van der Waals surface area contributed by atoms with E-state index in [0.29, 0.717) is 10.5 Å². The summed E-state index contributed by atoms with van der Waals surface area (Å²) >= 11 is 0. The van der Waals surface area contributed by atoms with Crippen LogP contribution in [0.4, 0.5) is 13.2 Å². The third kappa shape index (κ3) is 6.66. The Morgan fingerprint density at radius 3 is 2.17 bits per heavy atom. The molecule has 3 aromatic carbocycles. The van der Waals surface area contributed by atoms with Gasteiger partial charge in [0.05, 0.1) is 26.2 Å². The number of amides is 1. The van der Waals surface area contributed by atoms with E-state index in [1.807, 2.05) is 6.92 Å². The second-order valence-electron chi connectivity index (χ2n) is 9.38. The second-order valence-corrected chi connectivity index (χ2v) is 12.8. The normalized spacial score (nSPS) is 12.6. The highest BCUT2D eigenvalue weighted by Crippen LogP contribution is 2.31. The van der Waals surface area contributed by atoms with E-state index in [4.69, 9.17) is 0 Å². The van der Waals surface area contributed by atoms with Gasteiger partial charge in [0.15, 0.2) is 9.84 Å². The van der Waals surface area contributed by atoms with Crippen molar-refractivity contribution in [3.8, 4) is 5.69 Å². The summed E-state index contributed by atoms with van der Waals surface area (Å²) in [6.07, 6.45) is -3.61. The fourth-order valence-corrected chi connectivity index (χ4v) is 5.94. The summed E-state index contributed by atoms with van der Waals surface area (Å²) in [6.45, 7) is 3.23. The van der Waals surface area contributed by atoms with Crippen molar-refractivity contribution in [2.45, 2.75) is 41.3 Å². The minimum Gasteiger partial charge on any atom is -0.348 e. The van der Waals surface area contributed by atoms with Gasteiger partial charge in [-0.1, -0.05) is 35.9 Å². The lowest BCUT2D eigenvalue weighted by molar-refractivity contribution is -0.137. The van der Waals surface area contributed by atoms with Gasteiger partial charge in [0.1, 0.15) is 5.56 Å². The smallest absolute Gasteiger partial charge is 0.348 e. The van der Waals surface area contributed by atoms with E-state index >= 15 is 0 Å². The first-order chi connectivity index (χ1) is 19.2. The molecule has 0 fully saturated rings. The van der Waals surface area contributed by atoms with Crippen molar-refractivity contribution in [2.75, 3.05) is 6.26 Å². The fraction of sp³-hybridized carbons (Fsp3) is 0.172. The minimum absolute atomic E-state index is 0.0733. The zero-order valence-electron chi connectivity index (χ0n) is 22.2. The van der Waals surface area contributed by atoms with Gasteiger partial charge in [-0.3, -0.25) is 14.2 Å². The summed E-state index contributed by atoms with van der Waals surface area (Å²) in [5.41, 5.74) is -0.875. The molecule has 4 rings (SSSR count). The zero-order valence-corrected chi connectivity index (χ0v) is 23.8. The molecule has 0 saturated heterocycles. The lowest BCUT2D eigenvalue weighted by Gasteiger charge is -2.18. The number of pyridine rings is 1. The first-order valence-electron chi connectivity index (χ1n) is 12.2. The van der Waals surface area contributed by atoms with Gasteiger partial charge in [-0.25, -0.2) is 12.6 Å². The topological polar surface area (TPSA) is 102 Å². The van der Waals surface area contributed by atoms with Crippen LogP contribution < -0.4 is 10.9 Å². The highest BCUT2D eigenvalue weighted by atomic mass is 32.2. The monoisotopic (exact) mass is 602 g/mol. The Labute approximate surface area is 237 Å². The molecular weight excluding hydrogens is 577 g/mol. The van der Waals surface area contributed by atoms with E-state index in [2.05, 4.69) is 5.32 Å². The average Bonchev–Trinajstić information content (AvgIpc) is 2.91. The Morgan fingerprint density at radius 2 is 1.59 bits per heavy atom. The van der Waals surface area contributed by atoms with Crippen molar-refractivity contribution in [1.29, 1.82) is 0 Å². The van der Waals surface area contributed by atoms with E-state index in [-0.39, 0.29) is 27.7 Å². The molecule has 41 heavy (non-hydrogen) atoms. The van der Waals surface area contributed by atoms with Crippen LogP contribution in [0.1, 0.15) is 32.7 Å². The summed E-state index contributed by atoms with van der Waals surface area (Å²) < 4.78 is 78.4. The Bertz CT molecular complexity index is 1810. The van der Waals surface area contributed by atoms with Crippen LogP contribution >= 0.6 is 0 Å². The van der Waals surface area contributed by atoms with Gasteiger partial charge in [0, 0.05) is 29.1 Å². The molecule has 7 nitrogen and oxygen atoms in total. The molecule has 214 valence electrons. The predicted octanol–water partition coefficient (Wildman–Crippen LogP) is 4.97. The van der Waals surface area contributed by atoms with Crippen LogP contribution in [0.2, 0.25) is 0 Å². The molecule has 1 N–H and O–H groups in total. The van der Waals surface area contributed by atoms with Crippen molar-refractivity contribution in [3.05, 3.63) is 117 Å². The molecule has 1 heterocycles. The molecule has 0 saturated carbocycles. The number of nitrogens with zero attached hydrogens (tertiary/aromatic N) is 1. The van der Waals surface area contributed by atoms with E-state index in [1.54, 1.807) is 24.3 Å². The Balaban J connectivity index is 1.80. The van der Waals surface area contributed by atoms with Crippen molar-refractivity contribution in [2.24, 2.45) is 0 Å². The van der Waals surface area contributed by atoms with Crippen LogP contribution in [0, 0.1) is 13.8 Å². The first-order valence-corrected chi connectivity index (χ1v) is 15.2. The van der Waals surface area contributed by atoms with Gasteiger partial charge in [-0.05, 0) is 67.9 Å². The molecule has 12 heteroatoms. The van der Waals surface area contributed by atoms with Gasteiger partial charge in [0.2, 0.25) is 0 Å². The highest BCUT2D eigenvalue weighted by Gasteiger charge is 2.31. The number of hydrogen-bond acceptors (Lipinski definition) is 5. The Hall–Kier alpha value is -4.03. The lowest BCUT2D eigenvalue weighted by Crippen LogP contribution is -2.34. The fourth-order valence-electron chi connectivity index (χ4n) is 4.08. The maximum atomic E-state index is 13.6. The number of hydrogen-bond donors (Lipinski definition) is 1. The van der Waals surface area contributed by atoms with Crippen LogP contribution in [-0.2, 0) is 33.4 Å². The summed E-state index contributed by atoms with van der Waals surface area (Å²) in [6, 6.07) is 17.8. The number of aryl methyl sites for hydroxylation is 1.